The molecule has 1 heterocycles. The molecular formula is C17H24FNO. The molecule has 2 nitrogen and oxygen atoms in total. The van der Waals surface area contributed by atoms with E-state index in [1.807, 2.05) is 13.0 Å². The van der Waals surface area contributed by atoms with E-state index >= 15 is 0 Å². The van der Waals surface area contributed by atoms with E-state index in [9.17, 15) is 9.50 Å². The summed E-state index contributed by atoms with van der Waals surface area (Å²) in [4.78, 5) is 2.46. The Morgan fingerprint density at radius 3 is 2.85 bits per heavy atom. The third-order valence-corrected chi connectivity index (χ3v) is 5.12. The van der Waals surface area contributed by atoms with Crippen LogP contribution < -0.4 is 0 Å². The number of likely N-dealkylation sites (tertiary alicyclic amines) is 1. The van der Waals surface area contributed by atoms with Gasteiger partial charge < -0.3 is 5.11 Å². The molecule has 1 saturated heterocycles. The molecule has 0 amide bonds. The zero-order valence-corrected chi connectivity index (χ0v) is 12.2. The van der Waals surface area contributed by atoms with Gasteiger partial charge in [-0.05, 0) is 62.4 Å². The Labute approximate surface area is 120 Å². The molecule has 1 aliphatic heterocycles. The molecule has 3 atom stereocenters. The van der Waals surface area contributed by atoms with Crippen molar-refractivity contribution in [3.8, 4) is 0 Å². The highest BCUT2D eigenvalue weighted by Crippen LogP contribution is 2.36. The fourth-order valence-electron chi connectivity index (χ4n) is 3.98. The van der Waals surface area contributed by atoms with Gasteiger partial charge in [-0.3, -0.25) is 4.90 Å². The number of aliphatic hydroxyl groups is 1. The van der Waals surface area contributed by atoms with E-state index < -0.39 is 0 Å². The Morgan fingerprint density at radius 2 is 2.10 bits per heavy atom. The zero-order valence-electron chi connectivity index (χ0n) is 12.2. The molecule has 3 heteroatoms. The molecule has 2 fully saturated rings. The van der Waals surface area contributed by atoms with Gasteiger partial charge in [0.25, 0.3) is 0 Å². The molecule has 0 aromatic heterocycles. The van der Waals surface area contributed by atoms with Gasteiger partial charge in [0, 0.05) is 18.5 Å². The Morgan fingerprint density at radius 1 is 1.25 bits per heavy atom. The van der Waals surface area contributed by atoms with Crippen molar-refractivity contribution in [1.82, 2.24) is 4.90 Å². The molecule has 3 unspecified atom stereocenters. The van der Waals surface area contributed by atoms with Gasteiger partial charge in [-0.1, -0.05) is 12.5 Å². The second-order valence-electron chi connectivity index (χ2n) is 6.41. The van der Waals surface area contributed by atoms with Crippen molar-refractivity contribution in [1.29, 1.82) is 0 Å². The van der Waals surface area contributed by atoms with E-state index in [0.717, 1.165) is 43.5 Å². The third kappa shape index (κ3) is 2.75. The van der Waals surface area contributed by atoms with Crippen molar-refractivity contribution >= 4 is 0 Å². The molecule has 110 valence electrons. The summed E-state index contributed by atoms with van der Waals surface area (Å²) >= 11 is 0. The second-order valence-corrected chi connectivity index (χ2v) is 6.41. The smallest absolute Gasteiger partial charge is 0.123 e. The first-order valence-electron chi connectivity index (χ1n) is 7.82. The number of rotatable bonds is 3. The number of aliphatic hydroxyl groups excluding tert-OH is 1. The number of benzene rings is 1. The largest absolute Gasteiger partial charge is 0.393 e. The molecule has 0 bridgehead atoms. The lowest BCUT2D eigenvalue weighted by molar-refractivity contribution is 0.0718. The summed E-state index contributed by atoms with van der Waals surface area (Å²) in [7, 11) is 0. The van der Waals surface area contributed by atoms with Crippen molar-refractivity contribution in [2.24, 2.45) is 5.92 Å². The van der Waals surface area contributed by atoms with E-state index in [2.05, 4.69) is 4.90 Å². The average Bonchev–Trinajstić information content (AvgIpc) is 3.02. The van der Waals surface area contributed by atoms with Crippen molar-refractivity contribution in [2.45, 2.75) is 57.7 Å². The van der Waals surface area contributed by atoms with Crippen LogP contribution in [0.25, 0.3) is 0 Å². The minimum absolute atomic E-state index is 0.130. The average molecular weight is 277 g/mol. The minimum atomic E-state index is -0.151. The molecule has 2 aliphatic rings. The summed E-state index contributed by atoms with van der Waals surface area (Å²) in [5.74, 6) is 0.272. The first kappa shape index (κ1) is 14.0. The van der Waals surface area contributed by atoms with E-state index in [-0.39, 0.29) is 11.9 Å². The summed E-state index contributed by atoms with van der Waals surface area (Å²) in [6.07, 6.45) is 5.49. The van der Waals surface area contributed by atoms with Gasteiger partial charge in [0.2, 0.25) is 0 Å². The first-order chi connectivity index (χ1) is 9.65. The monoisotopic (exact) mass is 277 g/mol. The van der Waals surface area contributed by atoms with E-state index in [1.165, 1.54) is 18.9 Å². The Hall–Kier alpha value is -0.930. The topological polar surface area (TPSA) is 23.5 Å². The molecule has 1 aliphatic carbocycles. The van der Waals surface area contributed by atoms with Crippen LogP contribution in [0.3, 0.4) is 0 Å². The summed E-state index contributed by atoms with van der Waals surface area (Å²) < 4.78 is 13.4. The summed E-state index contributed by atoms with van der Waals surface area (Å²) in [5.41, 5.74) is 2.24. The van der Waals surface area contributed by atoms with E-state index in [1.54, 1.807) is 6.07 Å². The van der Waals surface area contributed by atoms with Crippen LogP contribution >= 0.6 is 0 Å². The van der Waals surface area contributed by atoms with Gasteiger partial charge in [-0.2, -0.15) is 0 Å². The third-order valence-electron chi connectivity index (χ3n) is 5.12. The van der Waals surface area contributed by atoms with Crippen LogP contribution in [0.2, 0.25) is 0 Å². The lowest BCUT2D eigenvalue weighted by Gasteiger charge is -2.31. The van der Waals surface area contributed by atoms with Gasteiger partial charge in [0.05, 0.1) is 6.10 Å². The maximum atomic E-state index is 13.4. The standard InChI is InChI=1S/C17H24FNO/c1-12-7-8-14(18)10-13(12)11-19-9-3-5-16(19)15-4-2-6-17(15)20/h7-8,10,15-17,20H,2-6,9,11H2,1H3. The van der Waals surface area contributed by atoms with Crippen LogP contribution in [0, 0.1) is 18.7 Å². The predicted molar refractivity (Wildman–Crippen MR) is 77.9 cm³/mol. The molecule has 0 spiro atoms. The molecule has 1 aromatic carbocycles. The number of hydrogen-bond acceptors (Lipinski definition) is 2. The van der Waals surface area contributed by atoms with Crippen LogP contribution in [0.5, 0.6) is 0 Å². The number of hydrogen-bond donors (Lipinski definition) is 1. The van der Waals surface area contributed by atoms with E-state index in [4.69, 9.17) is 0 Å². The fraction of sp³-hybridized carbons (Fsp3) is 0.647. The van der Waals surface area contributed by atoms with Gasteiger partial charge >= 0.3 is 0 Å². The molecule has 0 radical (unpaired) electrons. The van der Waals surface area contributed by atoms with Crippen molar-refractivity contribution in [3.63, 3.8) is 0 Å². The normalized spacial score (nSPS) is 31.1. The van der Waals surface area contributed by atoms with Crippen LogP contribution in [-0.4, -0.2) is 28.7 Å². The van der Waals surface area contributed by atoms with Crippen molar-refractivity contribution in [3.05, 3.63) is 35.1 Å². The van der Waals surface area contributed by atoms with Gasteiger partial charge in [-0.25, -0.2) is 4.39 Å². The molecule has 1 saturated carbocycles. The highest BCUT2D eigenvalue weighted by molar-refractivity contribution is 5.26. The number of nitrogens with zero attached hydrogens (tertiary/aromatic N) is 1. The summed E-state index contributed by atoms with van der Waals surface area (Å²) in [6.45, 7) is 3.94. The van der Waals surface area contributed by atoms with E-state index in [0.29, 0.717) is 12.0 Å². The summed E-state index contributed by atoms with van der Waals surface area (Å²) in [6, 6.07) is 5.53. The van der Waals surface area contributed by atoms with Crippen LogP contribution in [0.1, 0.15) is 43.2 Å². The molecule has 1 N–H and O–H groups in total. The van der Waals surface area contributed by atoms with Crippen molar-refractivity contribution < 1.29 is 9.50 Å². The van der Waals surface area contributed by atoms with Gasteiger partial charge in [0.1, 0.15) is 5.82 Å². The maximum absolute atomic E-state index is 13.4. The van der Waals surface area contributed by atoms with Crippen molar-refractivity contribution in [2.75, 3.05) is 6.54 Å². The second kappa shape index (κ2) is 5.82. The Kier molecular flexibility index (Phi) is 4.08. The highest BCUT2D eigenvalue weighted by Gasteiger charge is 2.38. The summed E-state index contributed by atoms with van der Waals surface area (Å²) in [5, 5.41) is 10.1. The Balaban J connectivity index is 1.74. The van der Waals surface area contributed by atoms with Crippen LogP contribution in [0.15, 0.2) is 18.2 Å². The first-order valence-corrected chi connectivity index (χ1v) is 7.82. The number of aryl methyl sites for hydroxylation is 1. The van der Waals surface area contributed by atoms with Crippen LogP contribution in [0.4, 0.5) is 4.39 Å². The molecular weight excluding hydrogens is 253 g/mol. The predicted octanol–water partition coefficient (Wildman–Crippen LogP) is 3.26. The Bertz CT molecular complexity index is 476. The van der Waals surface area contributed by atoms with Crippen LogP contribution in [-0.2, 0) is 6.54 Å². The SMILES string of the molecule is Cc1ccc(F)cc1CN1CCCC1C1CCCC1O. The van der Waals surface area contributed by atoms with Gasteiger partial charge in [0.15, 0.2) is 0 Å². The zero-order chi connectivity index (χ0) is 14.1. The molecule has 20 heavy (non-hydrogen) atoms. The lowest BCUT2D eigenvalue weighted by atomic mass is 9.93. The quantitative estimate of drug-likeness (QED) is 0.916. The van der Waals surface area contributed by atoms with Gasteiger partial charge in [-0.15, -0.1) is 0 Å². The fourth-order valence-corrected chi connectivity index (χ4v) is 3.98. The highest BCUT2D eigenvalue weighted by atomic mass is 19.1. The molecule has 1 aromatic rings. The maximum Gasteiger partial charge on any atom is 0.123 e. The number of halogens is 1. The molecule has 3 rings (SSSR count). The minimum Gasteiger partial charge on any atom is -0.393 e. The lowest BCUT2D eigenvalue weighted by Crippen LogP contribution is -2.38.